The number of aromatic nitrogens is 4. The Kier molecular flexibility index (Phi) is 7.02. The third-order valence-electron chi connectivity index (χ3n) is 6.16. The molecule has 0 unspecified atom stereocenters. The SMILES string of the molecule is Cc1csc(CC(=O)N2CCN(C(=O)C=Cc3cc(C)n(-c4ccnn4C(C)C)c3C)CC2)n1. The van der Waals surface area contributed by atoms with Gasteiger partial charge in [0, 0.05) is 66.8 Å². The van der Waals surface area contributed by atoms with E-state index in [0.29, 0.717) is 32.6 Å². The quantitative estimate of drug-likeness (QED) is 0.506. The first-order chi connectivity index (χ1) is 16.2. The molecule has 4 heterocycles. The third kappa shape index (κ3) is 4.99. The van der Waals surface area contributed by atoms with E-state index in [2.05, 4.69) is 48.4 Å². The van der Waals surface area contributed by atoms with Gasteiger partial charge in [0.25, 0.3) is 0 Å². The molecule has 3 aromatic heterocycles. The molecule has 0 spiro atoms. The molecule has 0 radical (unpaired) electrons. The van der Waals surface area contributed by atoms with E-state index in [1.165, 1.54) is 11.3 Å². The van der Waals surface area contributed by atoms with Gasteiger partial charge in [0.05, 0.1) is 12.6 Å². The van der Waals surface area contributed by atoms with Crippen LogP contribution in [-0.4, -0.2) is 67.1 Å². The van der Waals surface area contributed by atoms with Crippen LogP contribution in [0.1, 0.15) is 47.5 Å². The van der Waals surface area contributed by atoms with E-state index in [1.807, 2.05) is 40.2 Å². The van der Waals surface area contributed by atoms with Gasteiger partial charge in [-0.25, -0.2) is 9.67 Å². The van der Waals surface area contributed by atoms with Crippen LogP contribution in [-0.2, 0) is 16.0 Å². The Morgan fingerprint density at radius 2 is 1.82 bits per heavy atom. The summed E-state index contributed by atoms with van der Waals surface area (Å²) in [6, 6.07) is 4.35. The highest BCUT2D eigenvalue weighted by atomic mass is 32.1. The van der Waals surface area contributed by atoms with Crippen LogP contribution < -0.4 is 0 Å². The molecule has 0 saturated carbocycles. The van der Waals surface area contributed by atoms with Gasteiger partial charge >= 0.3 is 0 Å². The number of piperazine rings is 1. The van der Waals surface area contributed by atoms with Crippen molar-refractivity contribution >= 4 is 29.2 Å². The van der Waals surface area contributed by atoms with Crippen molar-refractivity contribution in [1.82, 2.24) is 29.1 Å². The van der Waals surface area contributed by atoms with Crippen molar-refractivity contribution < 1.29 is 9.59 Å². The second-order valence-corrected chi connectivity index (χ2v) is 9.93. The van der Waals surface area contributed by atoms with Crippen LogP contribution >= 0.6 is 11.3 Å². The van der Waals surface area contributed by atoms with Crippen molar-refractivity contribution in [1.29, 1.82) is 0 Å². The second kappa shape index (κ2) is 9.97. The predicted molar refractivity (Wildman–Crippen MR) is 134 cm³/mol. The van der Waals surface area contributed by atoms with Crippen LogP contribution in [0, 0.1) is 20.8 Å². The van der Waals surface area contributed by atoms with Gasteiger partial charge < -0.3 is 14.4 Å². The van der Waals surface area contributed by atoms with Crippen molar-refractivity contribution in [2.75, 3.05) is 26.2 Å². The van der Waals surface area contributed by atoms with Crippen molar-refractivity contribution in [2.45, 2.75) is 47.1 Å². The van der Waals surface area contributed by atoms with Crippen molar-refractivity contribution in [2.24, 2.45) is 0 Å². The van der Waals surface area contributed by atoms with Crippen LogP contribution in [0.25, 0.3) is 11.9 Å². The molecule has 1 fully saturated rings. The van der Waals surface area contributed by atoms with Gasteiger partial charge in [-0.3, -0.25) is 9.59 Å². The molecule has 8 nitrogen and oxygen atoms in total. The normalized spacial score (nSPS) is 14.5. The van der Waals surface area contributed by atoms with Gasteiger partial charge in [-0.05, 0) is 52.3 Å². The average molecular weight is 481 g/mol. The van der Waals surface area contributed by atoms with Crippen molar-refractivity contribution in [3.05, 3.63) is 57.4 Å². The van der Waals surface area contributed by atoms with Gasteiger partial charge in [0.15, 0.2) is 0 Å². The molecule has 1 saturated heterocycles. The molecule has 2 amide bonds. The zero-order valence-electron chi connectivity index (χ0n) is 20.5. The van der Waals surface area contributed by atoms with Crippen LogP contribution in [0.15, 0.2) is 29.8 Å². The van der Waals surface area contributed by atoms with Crippen LogP contribution in [0.4, 0.5) is 0 Å². The monoisotopic (exact) mass is 480 g/mol. The maximum absolute atomic E-state index is 12.8. The highest BCUT2D eigenvalue weighted by Crippen LogP contribution is 2.23. The molecule has 0 bridgehead atoms. The van der Waals surface area contributed by atoms with Crippen LogP contribution in [0.3, 0.4) is 0 Å². The van der Waals surface area contributed by atoms with E-state index in [0.717, 1.165) is 33.5 Å². The summed E-state index contributed by atoms with van der Waals surface area (Å²) in [5.74, 6) is 1.06. The molecule has 0 aliphatic carbocycles. The number of hydrogen-bond donors (Lipinski definition) is 0. The number of rotatable bonds is 6. The van der Waals surface area contributed by atoms with E-state index in [-0.39, 0.29) is 17.9 Å². The van der Waals surface area contributed by atoms with Gasteiger partial charge in [-0.1, -0.05) is 0 Å². The third-order valence-corrected chi connectivity index (χ3v) is 7.12. The average Bonchev–Trinajstić information content (AvgIpc) is 3.51. The van der Waals surface area contributed by atoms with Crippen molar-refractivity contribution in [3.8, 4) is 5.82 Å². The number of carbonyl (C=O) groups is 2. The van der Waals surface area contributed by atoms with Gasteiger partial charge in [0.1, 0.15) is 10.8 Å². The lowest BCUT2D eigenvalue weighted by Gasteiger charge is -2.34. The predicted octanol–water partition coefficient (Wildman–Crippen LogP) is 3.56. The number of aryl methyl sites for hydroxylation is 2. The zero-order chi connectivity index (χ0) is 24.4. The Hall–Kier alpha value is -3.20. The number of nitrogens with zero attached hydrogens (tertiary/aromatic N) is 6. The van der Waals surface area contributed by atoms with E-state index in [4.69, 9.17) is 0 Å². The molecule has 0 aromatic carbocycles. The molecular formula is C25H32N6O2S. The van der Waals surface area contributed by atoms with Crippen LogP contribution in [0.5, 0.6) is 0 Å². The molecule has 0 N–H and O–H groups in total. The summed E-state index contributed by atoms with van der Waals surface area (Å²) >= 11 is 1.52. The highest BCUT2D eigenvalue weighted by Gasteiger charge is 2.24. The standard InChI is InChI=1S/C25H32N6O2S/c1-17(2)31-23(8-9-26-31)30-19(4)14-21(20(30)5)6-7-24(32)28-10-12-29(13-11-28)25(33)15-22-27-18(3)16-34-22/h6-9,14,16-17H,10-13,15H2,1-5H3. The molecule has 9 heteroatoms. The molecule has 3 aromatic rings. The molecule has 0 atom stereocenters. The Labute approximate surface area is 204 Å². The zero-order valence-corrected chi connectivity index (χ0v) is 21.3. The second-order valence-electron chi connectivity index (χ2n) is 8.99. The maximum atomic E-state index is 12.8. The Morgan fingerprint density at radius 1 is 1.12 bits per heavy atom. The van der Waals surface area contributed by atoms with E-state index < -0.39 is 0 Å². The summed E-state index contributed by atoms with van der Waals surface area (Å²) in [4.78, 5) is 33.4. The fourth-order valence-corrected chi connectivity index (χ4v) is 5.12. The van der Waals surface area contributed by atoms with Gasteiger partial charge in [0.2, 0.25) is 11.8 Å². The molecule has 1 aliphatic heterocycles. The molecule has 4 rings (SSSR count). The van der Waals surface area contributed by atoms with E-state index in [1.54, 1.807) is 11.0 Å². The molecule has 180 valence electrons. The minimum Gasteiger partial charge on any atom is -0.339 e. The summed E-state index contributed by atoms with van der Waals surface area (Å²) in [6.07, 6.45) is 5.68. The largest absolute Gasteiger partial charge is 0.339 e. The number of thiazole rings is 1. The minimum absolute atomic E-state index is 0.0281. The fourth-order valence-electron chi connectivity index (χ4n) is 4.36. The van der Waals surface area contributed by atoms with Gasteiger partial charge in [-0.2, -0.15) is 5.10 Å². The van der Waals surface area contributed by atoms with E-state index in [9.17, 15) is 9.59 Å². The fraction of sp³-hybridized carbons (Fsp3) is 0.440. The topological polar surface area (TPSA) is 76.3 Å². The van der Waals surface area contributed by atoms with E-state index >= 15 is 0 Å². The van der Waals surface area contributed by atoms with Crippen LogP contribution in [0.2, 0.25) is 0 Å². The lowest BCUT2D eigenvalue weighted by molar-refractivity contribution is -0.136. The Balaban J connectivity index is 1.37. The summed E-state index contributed by atoms with van der Waals surface area (Å²) < 4.78 is 4.17. The molecular weight excluding hydrogens is 448 g/mol. The Bertz CT molecular complexity index is 1210. The van der Waals surface area contributed by atoms with Crippen molar-refractivity contribution in [3.63, 3.8) is 0 Å². The smallest absolute Gasteiger partial charge is 0.246 e. The first-order valence-electron chi connectivity index (χ1n) is 11.6. The molecule has 1 aliphatic rings. The Morgan fingerprint density at radius 3 is 2.47 bits per heavy atom. The molecule has 34 heavy (non-hydrogen) atoms. The highest BCUT2D eigenvalue weighted by molar-refractivity contribution is 7.09. The minimum atomic E-state index is -0.0281. The number of amides is 2. The van der Waals surface area contributed by atoms with Gasteiger partial charge in [-0.15, -0.1) is 11.3 Å². The first-order valence-corrected chi connectivity index (χ1v) is 12.5. The summed E-state index contributed by atoms with van der Waals surface area (Å²) in [6.45, 7) is 12.5. The summed E-state index contributed by atoms with van der Waals surface area (Å²) in [7, 11) is 0. The summed E-state index contributed by atoms with van der Waals surface area (Å²) in [5.41, 5.74) is 4.11. The maximum Gasteiger partial charge on any atom is 0.246 e. The number of carbonyl (C=O) groups excluding carboxylic acids is 2. The summed E-state index contributed by atoms with van der Waals surface area (Å²) in [5, 5.41) is 7.25. The number of hydrogen-bond acceptors (Lipinski definition) is 5. The lowest BCUT2D eigenvalue weighted by atomic mass is 10.2. The first kappa shape index (κ1) is 23.9. The lowest BCUT2D eigenvalue weighted by Crippen LogP contribution is -2.50.